The SMILES string of the molecule is Cc1ccccc1N1CCN([C@H]2CCCN(Cc3cccc4nonc34)C2)CC1. The minimum atomic E-state index is 0.650. The molecule has 0 saturated carbocycles. The Morgan fingerprint density at radius 2 is 1.83 bits per heavy atom. The van der Waals surface area contributed by atoms with Crippen molar-refractivity contribution in [2.45, 2.75) is 32.4 Å². The van der Waals surface area contributed by atoms with Gasteiger partial charge in [-0.25, -0.2) is 4.63 Å². The molecule has 6 nitrogen and oxygen atoms in total. The van der Waals surface area contributed by atoms with E-state index in [0.717, 1.165) is 56.8 Å². The molecule has 0 spiro atoms. The summed E-state index contributed by atoms with van der Waals surface area (Å²) in [5.74, 6) is 0. The second kappa shape index (κ2) is 8.13. The average Bonchev–Trinajstić information content (AvgIpc) is 3.25. The molecule has 5 rings (SSSR count). The van der Waals surface area contributed by atoms with Crippen LogP contribution in [-0.4, -0.2) is 65.4 Å². The fourth-order valence-electron chi connectivity index (χ4n) is 4.95. The number of aromatic nitrogens is 2. The lowest BCUT2D eigenvalue weighted by atomic mass is 10.0. The minimum Gasteiger partial charge on any atom is -0.369 e. The quantitative estimate of drug-likeness (QED) is 0.680. The zero-order valence-corrected chi connectivity index (χ0v) is 17.1. The molecule has 0 N–H and O–H groups in total. The zero-order valence-electron chi connectivity index (χ0n) is 17.1. The van der Waals surface area contributed by atoms with Crippen molar-refractivity contribution in [1.29, 1.82) is 0 Å². The Kier molecular flexibility index (Phi) is 5.21. The Morgan fingerprint density at radius 1 is 0.966 bits per heavy atom. The van der Waals surface area contributed by atoms with Gasteiger partial charge in [-0.05, 0) is 59.9 Å². The number of nitrogens with zero attached hydrogens (tertiary/aromatic N) is 5. The first-order valence-electron chi connectivity index (χ1n) is 10.7. The lowest BCUT2D eigenvalue weighted by Gasteiger charge is -2.44. The van der Waals surface area contributed by atoms with Crippen LogP contribution < -0.4 is 4.90 Å². The largest absolute Gasteiger partial charge is 0.369 e. The molecule has 3 aromatic rings. The average molecular weight is 392 g/mol. The molecule has 2 aromatic carbocycles. The van der Waals surface area contributed by atoms with Crippen molar-refractivity contribution in [3.05, 3.63) is 53.6 Å². The highest BCUT2D eigenvalue weighted by Crippen LogP contribution is 2.25. The summed E-state index contributed by atoms with van der Waals surface area (Å²) in [6.45, 7) is 9.95. The van der Waals surface area contributed by atoms with Crippen LogP contribution >= 0.6 is 0 Å². The summed E-state index contributed by atoms with van der Waals surface area (Å²) in [6.07, 6.45) is 2.56. The standard InChI is InChI=1S/C23H29N5O/c1-18-6-2-3-10-22(18)28-14-12-27(13-15-28)20-8-5-11-26(17-20)16-19-7-4-9-21-23(19)25-29-24-21/h2-4,6-7,9-10,20H,5,8,11-17H2,1H3/t20-/m0/s1. The molecule has 0 amide bonds. The summed E-state index contributed by atoms with van der Waals surface area (Å²) in [5, 5.41) is 8.09. The van der Waals surface area contributed by atoms with Gasteiger partial charge >= 0.3 is 0 Å². The molecule has 1 aromatic heterocycles. The van der Waals surface area contributed by atoms with E-state index in [1.54, 1.807) is 0 Å². The topological polar surface area (TPSA) is 48.6 Å². The molecule has 0 unspecified atom stereocenters. The van der Waals surface area contributed by atoms with E-state index < -0.39 is 0 Å². The Balaban J connectivity index is 1.20. The Bertz CT molecular complexity index is 963. The molecule has 29 heavy (non-hydrogen) atoms. The maximum atomic E-state index is 4.93. The van der Waals surface area contributed by atoms with E-state index in [2.05, 4.69) is 62.3 Å². The van der Waals surface area contributed by atoms with Gasteiger partial charge in [-0.15, -0.1) is 0 Å². The number of benzene rings is 2. The van der Waals surface area contributed by atoms with E-state index in [1.807, 2.05) is 12.1 Å². The van der Waals surface area contributed by atoms with Crippen molar-refractivity contribution in [3.63, 3.8) is 0 Å². The van der Waals surface area contributed by atoms with Gasteiger partial charge in [-0.2, -0.15) is 0 Å². The van der Waals surface area contributed by atoms with Crippen LogP contribution in [0, 0.1) is 6.92 Å². The summed E-state index contributed by atoms with van der Waals surface area (Å²) in [4.78, 5) is 7.83. The number of anilines is 1. The molecule has 2 saturated heterocycles. The Labute approximate surface area is 172 Å². The smallest absolute Gasteiger partial charge is 0.139 e. The van der Waals surface area contributed by atoms with Gasteiger partial charge in [0.05, 0.1) is 0 Å². The van der Waals surface area contributed by atoms with Crippen LogP contribution in [0.4, 0.5) is 5.69 Å². The van der Waals surface area contributed by atoms with Crippen LogP contribution in [0.3, 0.4) is 0 Å². The molecule has 1 atom stereocenters. The van der Waals surface area contributed by atoms with E-state index in [-0.39, 0.29) is 0 Å². The van der Waals surface area contributed by atoms with Crippen molar-refractivity contribution >= 4 is 16.7 Å². The van der Waals surface area contributed by atoms with Gasteiger partial charge in [-0.3, -0.25) is 9.80 Å². The predicted molar refractivity (Wildman–Crippen MR) is 115 cm³/mol. The number of para-hydroxylation sites is 1. The number of hydrogen-bond acceptors (Lipinski definition) is 6. The third-order valence-corrected chi connectivity index (χ3v) is 6.53. The highest BCUT2D eigenvalue weighted by Gasteiger charge is 2.28. The Morgan fingerprint density at radius 3 is 2.69 bits per heavy atom. The van der Waals surface area contributed by atoms with Gasteiger partial charge in [0.2, 0.25) is 0 Å². The van der Waals surface area contributed by atoms with Gasteiger partial charge < -0.3 is 4.90 Å². The number of aryl methyl sites for hydroxylation is 1. The zero-order chi connectivity index (χ0) is 19.6. The number of piperidine rings is 1. The summed E-state index contributed by atoms with van der Waals surface area (Å²) >= 11 is 0. The van der Waals surface area contributed by atoms with Crippen molar-refractivity contribution in [2.75, 3.05) is 44.2 Å². The van der Waals surface area contributed by atoms with Crippen LogP contribution in [0.15, 0.2) is 47.1 Å². The summed E-state index contributed by atoms with van der Waals surface area (Å²) < 4.78 is 4.93. The molecule has 0 radical (unpaired) electrons. The van der Waals surface area contributed by atoms with Crippen molar-refractivity contribution in [2.24, 2.45) is 0 Å². The molecule has 2 aliphatic heterocycles. The first kappa shape index (κ1) is 18.6. The normalized spacial score (nSPS) is 21.7. The van der Waals surface area contributed by atoms with Gasteiger partial charge in [0.1, 0.15) is 11.0 Å². The Hall–Kier alpha value is -2.44. The second-order valence-electron chi connectivity index (χ2n) is 8.39. The van der Waals surface area contributed by atoms with Gasteiger partial charge in [0, 0.05) is 51.0 Å². The molecule has 152 valence electrons. The number of likely N-dealkylation sites (tertiary alicyclic amines) is 1. The summed E-state index contributed by atoms with van der Waals surface area (Å²) in [5.41, 5.74) is 5.74. The monoisotopic (exact) mass is 391 g/mol. The third-order valence-electron chi connectivity index (χ3n) is 6.53. The van der Waals surface area contributed by atoms with Crippen LogP contribution in [-0.2, 0) is 6.54 Å². The van der Waals surface area contributed by atoms with E-state index >= 15 is 0 Å². The van der Waals surface area contributed by atoms with E-state index in [9.17, 15) is 0 Å². The summed E-state index contributed by atoms with van der Waals surface area (Å²) in [7, 11) is 0. The van der Waals surface area contributed by atoms with Crippen LogP contribution in [0.25, 0.3) is 11.0 Å². The predicted octanol–water partition coefficient (Wildman–Crippen LogP) is 3.32. The van der Waals surface area contributed by atoms with Crippen molar-refractivity contribution in [3.8, 4) is 0 Å². The van der Waals surface area contributed by atoms with Gasteiger partial charge in [0.15, 0.2) is 0 Å². The fourth-order valence-corrected chi connectivity index (χ4v) is 4.95. The first-order valence-corrected chi connectivity index (χ1v) is 10.7. The molecular formula is C23H29N5O. The van der Waals surface area contributed by atoms with Crippen LogP contribution in [0.1, 0.15) is 24.0 Å². The molecule has 6 heteroatoms. The highest BCUT2D eigenvalue weighted by atomic mass is 16.6. The van der Waals surface area contributed by atoms with E-state index in [0.29, 0.717) is 6.04 Å². The number of fused-ring (bicyclic) bond motifs is 1. The van der Waals surface area contributed by atoms with Crippen LogP contribution in [0.5, 0.6) is 0 Å². The molecule has 2 aliphatic rings. The molecule has 2 fully saturated rings. The van der Waals surface area contributed by atoms with Crippen molar-refractivity contribution < 1.29 is 4.63 Å². The fraction of sp³-hybridized carbons (Fsp3) is 0.478. The minimum absolute atomic E-state index is 0.650. The second-order valence-corrected chi connectivity index (χ2v) is 8.39. The summed E-state index contributed by atoms with van der Waals surface area (Å²) in [6, 6.07) is 15.6. The number of hydrogen-bond donors (Lipinski definition) is 0. The van der Waals surface area contributed by atoms with Crippen LogP contribution in [0.2, 0.25) is 0 Å². The van der Waals surface area contributed by atoms with Gasteiger partial charge in [-0.1, -0.05) is 30.3 Å². The number of piperazine rings is 1. The van der Waals surface area contributed by atoms with E-state index in [4.69, 9.17) is 4.63 Å². The molecular weight excluding hydrogens is 362 g/mol. The molecule has 0 aliphatic carbocycles. The van der Waals surface area contributed by atoms with E-state index in [1.165, 1.54) is 29.7 Å². The van der Waals surface area contributed by atoms with Gasteiger partial charge in [0.25, 0.3) is 0 Å². The maximum absolute atomic E-state index is 4.93. The molecule has 0 bridgehead atoms. The lowest BCUT2D eigenvalue weighted by Crippen LogP contribution is -2.55. The maximum Gasteiger partial charge on any atom is 0.139 e. The molecule has 3 heterocycles. The lowest BCUT2D eigenvalue weighted by molar-refractivity contribution is 0.0889. The first-order chi connectivity index (χ1) is 14.3. The number of rotatable bonds is 4. The van der Waals surface area contributed by atoms with Crippen molar-refractivity contribution in [1.82, 2.24) is 20.1 Å². The highest BCUT2D eigenvalue weighted by molar-refractivity contribution is 5.76. The third kappa shape index (κ3) is 3.87.